The third kappa shape index (κ3) is 5.59. The third-order valence-corrected chi connectivity index (χ3v) is 4.22. The number of hydrogen-bond donors (Lipinski definition) is 1. The summed E-state index contributed by atoms with van der Waals surface area (Å²) in [5, 5.41) is 7.11. The molecule has 1 amide bonds. The van der Waals surface area contributed by atoms with Crippen LogP contribution < -0.4 is 10.1 Å². The zero-order valence-electron chi connectivity index (χ0n) is 16.6. The molecule has 0 aliphatic carbocycles. The van der Waals surface area contributed by atoms with Gasteiger partial charge in [-0.15, -0.1) is 0 Å². The summed E-state index contributed by atoms with van der Waals surface area (Å²) >= 11 is 0. The summed E-state index contributed by atoms with van der Waals surface area (Å²) in [6.07, 6.45) is 2.89. The van der Waals surface area contributed by atoms with E-state index < -0.39 is 6.10 Å². The minimum atomic E-state index is -0.593. The van der Waals surface area contributed by atoms with Gasteiger partial charge in [0.2, 0.25) is 0 Å². The highest BCUT2D eigenvalue weighted by Gasteiger charge is 2.16. The molecule has 0 radical (unpaired) electrons. The zero-order chi connectivity index (χ0) is 19.3. The molecule has 0 aliphatic rings. The van der Waals surface area contributed by atoms with Crippen molar-refractivity contribution in [2.75, 3.05) is 26.0 Å². The number of rotatable bonds is 8. The number of aryl methyl sites for hydroxylation is 1. The number of likely N-dealkylation sites (N-methyl/N-ethyl adjacent to an activating group) is 1. The van der Waals surface area contributed by atoms with Crippen LogP contribution in [0.5, 0.6) is 5.75 Å². The minimum absolute atomic E-state index is 0.192. The molecular weight excluding hydrogens is 328 g/mol. The van der Waals surface area contributed by atoms with Gasteiger partial charge in [0.25, 0.3) is 5.91 Å². The number of carbonyl (C=O) groups is 1. The summed E-state index contributed by atoms with van der Waals surface area (Å²) in [5.74, 6) is 0.979. The fourth-order valence-electron chi connectivity index (χ4n) is 2.72. The predicted octanol–water partition coefficient (Wildman–Crippen LogP) is 3.28. The maximum absolute atomic E-state index is 12.4. The zero-order valence-corrected chi connectivity index (χ0v) is 16.6. The van der Waals surface area contributed by atoms with Crippen LogP contribution in [-0.2, 0) is 11.3 Å². The summed E-state index contributed by atoms with van der Waals surface area (Å²) in [4.78, 5) is 14.5. The second-order valence-corrected chi connectivity index (χ2v) is 7.22. The summed E-state index contributed by atoms with van der Waals surface area (Å²) in [7, 11) is 4.03. The van der Waals surface area contributed by atoms with Crippen molar-refractivity contribution >= 4 is 11.6 Å². The molecule has 1 heterocycles. The van der Waals surface area contributed by atoms with Crippen molar-refractivity contribution in [1.29, 1.82) is 0 Å². The van der Waals surface area contributed by atoms with Gasteiger partial charge in [0.15, 0.2) is 6.10 Å². The number of carbonyl (C=O) groups excluding carboxylic acids is 1. The number of aromatic nitrogens is 2. The van der Waals surface area contributed by atoms with Crippen LogP contribution in [0.15, 0.2) is 30.6 Å². The lowest BCUT2D eigenvalue weighted by molar-refractivity contribution is -0.122. The van der Waals surface area contributed by atoms with Gasteiger partial charge in [-0.3, -0.25) is 9.48 Å². The normalized spacial score (nSPS) is 12.5. The van der Waals surface area contributed by atoms with Crippen molar-refractivity contribution in [3.8, 4) is 5.75 Å². The number of benzene rings is 1. The van der Waals surface area contributed by atoms with Crippen molar-refractivity contribution in [1.82, 2.24) is 14.7 Å². The Morgan fingerprint density at radius 2 is 2.04 bits per heavy atom. The van der Waals surface area contributed by atoms with Crippen LogP contribution in [0.2, 0.25) is 0 Å². The Balaban J connectivity index is 1.92. The lowest BCUT2D eigenvalue weighted by Crippen LogP contribution is -2.30. The van der Waals surface area contributed by atoms with E-state index in [2.05, 4.69) is 42.2 Å². The van der Waals surface area contributed by atoms with E-state index in [1.807, 2.05) is 37.1 Å². The largest absolute Gasteiger partial charge is 0.481 e. The molecule has 1 N–H and O–H groups in total. The number of anilines is 1. The first kappa shape index (κ1) is 20.0. The van der Waals surface area contributed by atoms with E-state index in [-0.39, 0.29) is 5.91 Å². The maximum Gasteiger partial charge on any atom is 0.265 e. The molecule has 0 saturated carbocycles. The van der Waals surface area contributed by atoms with E-state index in [1.165, 1.54) is 11.1 Å². The Morgan fingerprint density at radius 3 is 2.65 bits per heavy atom. The quantitative estimate of drug-likeness (QED) is 0.787. The Labute approximate surface area is 156 Å². The van der Waals surface area contributed by atoms with E-state index in [0.717, 1.165) is 13.1 Å². The van der Waals surface area contributed by atoms with E-state index in [9.17, 15) is 4.79 Å². The van der Waals surface area contributed by atoms with Gasteiger partial charge in [-0.05, 0) is 57.1 Å². The van der Waals surface area contributed by atoms with Gasteiger partial charge in [-0.1, -0.05) is 19.9 Å². The standard InChI is InChI=1S/C20H30N4O2/c1-14(2)19-8-7-18(11-15(19)3)26-16(4)20(25)22-17-12-21-24(13-17)10-9-23(5)6/h7-8,11-14,16H,9-10H2,1-6H3,(H,22,25). The first-order valence-electron chi connectivity index (χ1n) is 9.01. The number of nitrogens with zero attached hydrogens (tertiary/aromatic N) is 3. The highest BCUT2D eigenvalue weighted by atomic mass is 16.5. The molecule has 1 unspecified atom stereocenters. The Bertz CT molecular complexity index is 737. The van der Waals surface area contributed by atoms with Gasteiger partial charge in [0.05, 0.1) is 18.4 Å². The van der Waals surface area contributed by atoms with Crippen molar-refractivity contribution < 1.29 is 9.53 Å². The Kier molecular flexibility index (Phi) is 6.80. The van der Waals surface area contributed by atoms with Crippen LogP contribution in [0.1, 0.15) is 37.8 Å². The van der Waals surface area contributed by atoms with Crippen LogP contribution in [0.25, 0.3) is 0 Å². The minimum Gasteiger partial charge on any atom is -0.481 e. The molecule has 0 saturated heterocycles. The van der Waals surface area contributed by atoms with Crippen molar-refractivity contribution in [3.63, 3.8) is 0 Å². The van der Waals surface area contributed by atoms with Crippen LogP contribution in [-0.4, -0.2) is 47.3 Å². The number of hydrogen-bond acceptors (Lipinski definition) is 4. The van der Waals surface area contributed by atoms with Gasteiger partial charge in [-0.2, -0.15) is 5.10 Å². The smallest absolute Gasteiger partial charge is 0.265 e. The molecular formula is C20H30N4O2. The lowest BCUT2D eigenvalue weighted by Gasteiger charge is -2.16. The van der Waals surface area contributed by atoms with Crippen molar-refractivity contribution in [3.05, 3.63) is 41.7 Å². The number of amides is 1. The van der Waals surface area contributed by atoms with Gasteiger partial charge in [0.1, 0.15) is 5.75 Å². The maximum atomic E-state index is 12.4. The topological polar surface area (TPSA) is 59.4 Å². The second-order valence-electron chi connectivity index (χ2n) is 7.22. The highest BCUT2D eigenvalue weighted by Crippen LogP contribution is 2.24. The molecule has 142 valence electrons. The van der Waals surface area contributed by atoms with Gasteiger partial charge in [-0.25, -0.2) is 0 Å². The molecule has 6 heteroatoms. The fourth-order valence-corrected chi connectivity index (χ4v) is 2.72. The number of nitrogens with one attached hydrogen (secondary N) is 1. The average molecular weight is 358 g/mol. The molecule has 2 rings (SSSR count). The van der Waals surface area contributed by atoms with Gasteiger partial charge < -0.3 is 15.0 Å². The van der Waals surface area contributed by atoms with Crippen LogP contribution in [0.4, 0.5) is 5.69 Å². The predicted molar refractivity (Wildman–Crippen MR) is 105 cm³/mol. The Morgan fingerprint density at radius 1 is 1.31 bits per heavy atom. The third-order valence-electron chi connectivity index (χ3n) is 4.22. The van der Waals surface area contributed by atoms with E-state index in [0.29, 0.717) is 17.4 Å². The van der Waals surface area contributed by atoms with Crippen LogP contribution in [0.3, 0.4) is 0 Å². The Hall–Kier alpha value is -2.34. The molecule has 0 fully saturated rings. The molecule has 2 aromatic rings. The molecule has 0 bridgehead atoms. The van der Waals surface area contributed by atoms with Gasteiger partial charge >= 0.3 is 0 Å². The van der Waals surface area contributed by atoms with Crippen LogP contribution >= 0.6 is 0 Å². The van der Waals surface area contributed by atoms with E-state index in [1.54, 1.807) is 13.1 Å². The monoisotopic (exact) mass is 358 g/mol. The SMILES string of the molecule is Cc1cc(OC(C)C(=O)Nc2cnn(CCN(C)C)c2)ccc1C(C)C. The first-order chi connectivity index (χ1) is 12.3. The summed E-state index contributed by atoms with van der Waals surface area (Å²) < 4.78 is 7.62. The van der Waals surface area contributed by atoms with Crippen molar-refractivity contribution in [2.24, 2.45) is 0 Å². The summed E-state index contributed by atoms with van der Waals surface area (Å²) in [5.41, 5.74) is 3.14. The first-order valence-corrected chi connectivity index (χ1v) is 9.01. The summed E-state index contributed by atoms with van der Waals surface area (Å²) in [6, 6.07) is 5.97. The molecule has 1 aromatic heterocycles. The molecule has 0 spiro atoms. The average Bonchev–Trinajstić information content (AvgIpc) is 3.00. The highest BCUT2D eigenvalue weighted by molar-refractivity contribution is 5.93. The van der Waals surface area contributed by atoms with Crippen LogP contribution in [0, 0.1) is 6.92 Å². The molecule has 1 atom stereocenters. The van der Waals surface area contributed by atoms with E-state index in [4.69, 9.17) is 4.74 Å². The number of ether oxygens (including phenoxy) is 1. The molecule has 0 aliphatic heterocycles. The van der Waals surface area contributed by atoms with E-state index >= 15 is 0 Å². The lowest BCUT2D eigenvalue weighted by atomic mass is 9.98. The summed E-state index contributed by atoms with van der Waals surface area (Å²) in [6.45, 7) is 9.80. The van der Waals surface area contributed by atoms with Crippen molar-refractivity contribution in [2.45, 2.75) is 46.3 Å². The van der Waals surface area contributed by atoms with Gasteiger partial charge in [0, 0.05) is 12.7 Å². The second kappa shape index (κ2) is 8.85. The molecule has 1 aromatic carbocycles. The fraction of sp³-hybridized carbons (Fsp3) is 0.500. The molecule has 6 nitrogen and oxygen atoms in total. The molecule has 26 heavy (non-hydrogen) atoms.